The lowest BCUT2D eigenvalue weighted by atomic mass is 10.3. The minimum Gasteiger partial charge on any atom is -0.331 e. The summed E-state index contributed by atoms with van der Waals surface area (Å²) < 4.78 is 0. The van der Waals surface area contributed by atoms with Crippen LogP contribution in [0.15, 0.2) is 42.5 Å². The van der Waals surface area contributed by atoms with E-state index in [4.69, 9.17) is 35.4 Å². The van der Waals surface area contributed by atoms with Crippen molar-refractivity contribution in [1.82, 2.24) is 0 Å². The number of para-hydroxylation sites is 1. The zero-order valence-corrected chi connectivity index (χ0v) is 12.8. The van der Waals surface area contributed by atoms with E-state index < -0.39 is 4.92 Å². The van der Waals surface area contributed by atoms with Crippen molar-refractivity contribution in [3.05, 3.63) is 62.6 Å². The van der Waals surface area contributed by atoms with E-state index in [1.54, 1.807) is 24.3 Å². The fourth-order valence-electron chi connectivity index (χ4n) is 1.56. The molecule has 2 aromatic rings. The van der Waals surface area contributed by atoms with Gasteiger partial charge in [-0.1, -0.05) is 35.3 Å². The number of nitrogens with zero attached hydrogens (tertiary/aromatic N) is 1. The minimum absolute atomic E-state index is 0.0811. The van der Waals surface area contributed by atoms with Gasteiger partial charge in [-0.2, -0.15) is 0 Å². The number of halogens is 2. The molecule has 0 aliphatic rings. The first-order valence-electron chi connectivity index (χ1n) is 5.74. The Labute approximate surface area is 136 Å². The number of benzene rings is 2. The summed E-state index contributed by atoms with van der Waals surface area (Å²) in [5.41, 5.74) is 0.885. The first-order chi connectivity index (χ1) is 9.97. The molecule has 0 bridgehead atoms. The quantitative estimate of drug-likeness (QED) is 0.480. The molecule has 21 heavy (non-hydrogen) atoms. The third-order valence-corrected chi connectivity index (χ3v) is 3.39. The lowest BCUT2D eigenvalue weighted by molar-refractivity contribution is -0.384. The Morgan fingerprint density at radius 2 is 1.67 bits per heavy atom. The number of hydrogen-bond donors (Lipinski definition) is 2. The second-order valence-electron chi connectivity index (χ2n) is 3.98. The molecule has 0 amide bonds. The van der Waals surface area contributed by atoms with Gasteiger partial charge in [0, 0.05) is 12.1 Å². The third kappa shape index (κ3) is 4.04. The highest BCUT2D eigenvalue weighted by Gasteiger charge is 2.11. The summed E-state index contributed by atoms with van der Waals surface area (Å²) >= 11 is 17.1. The lowest BCUT2D eigenvalue weighted by Gasteiger charge is -2.12. The van der Waals surface area contributed by atoms with Crippen molar-refractivity contribution in [2.24, 2.45) is 0 Å². The fourth-order valence-corrected chi connectivity index (χ4v) is 2.13. The van der Waals surface area contributed by atoms with Gasteiger partial charge >= 0.3 is 0 Å². The van der Waals surface area contributed by atoms with Crippen LogP contribution in [0.5, 0.6) is 0 Å². The monoisotopic (exact) mass is 341 g/mol. The summed E-state index contributed by atoms with van der Waals surface area (Å²) in [7, 11) is 0. The second-order valence-corrected chi connectivity index (χ2v) is 5.20. The number of non-ortho nitro benzene ring substituents is 1. The molecule has 0 aromatic heterocycles. The molecule has 0 saturated heterocycles. The van der Waals surface area contributed by atoms with Crippen LogP contribution < -0.4 is 10.6 Å². The van der Waals surface area contributed by atoms with Crippen molar-refractivity contribution in [2.45, 2.75) is 0 Å². The summed E-state index contributed by atoms with van der Waals surface area (Å²) in [6.07, 6.45) is 0. The van der Waals surface area contributed by atoms with E-state index in [1.165, 1.54) is 18.2 Å². The summed E-state index contributed by atoms with van der Waals surface area (Å²) in [5.74, 6) is 0. The van der Waals surface area contributed by atoms with Gasteiger partial charge in [0.2, 0.25) is 0 Å². The highest BCUT2D eigenvalue weighted by atomic mass is 35.5. The molecule has 0 aliphatic heterocycles. The number of rotatable bonds is 3. The molecule has 108 valence electrons. The Morgan fingerprint density at radius 3 is 2.33 bits per heavy atom. The molecular weight excluding hydrogens is 333 g/mol. The Kier molecular flexibility index (Phi) is 4.95. The van der Waals surface area contributed by atoms with E-state index in [2.05, 4.69) is 10.6 Å². The maximum Gasteiger partial charge on any atom is 0.271 e. The number of nitro benzene ring substituents is 1. The van der Waals surface area contributed by atoms with E-state index in [1.807, 2.05) is 0 Å². The zero-order valence-electron chi connectivity index (χ0n) is 10.5. The molecule has 0 unspecified atom stereocenters. The minimum atomic E-state index is -0.508. The van der Waals surface area contributed by atoms with Crippen LogP contribution in [0.2, 0.25) is 10.0 Å². The van der Waals surface area contributed by atoms with Crippen LogP contribution in [0.1, 0.15) is 0 Å². The SMILES string of the molecule is O=[N+]([O-])c1ccc(Cl)c(NC(=S)Nc2ccccc2Cl)c1. The van der Waals surface area contributed by atoms with Gasteiger partial charge in [-0.25, -0.2) is 0 Å². The summed E-state index contributed by atoms with van der Waals surface area (Å²) in [6, 6.07) is 11.1. The van der Waals surface area contributed by atoms with Crippen molar-refractivity contribution in [1.29, 1.82) is 0 Å². The topological polar surface area (TPSA) is 67.2 Å². The molecule has 0 fully saturated rings. The fraction of sp³-hybridized carbons (Fsp3) is 0. The normalized spacial score (nSPS) is 10.0. The molecule has 2 N–H and O–H groups in total. The van der Waals surface area contributed by atoms with E-state index >= 15 is 0 Å². The third-order valence-electron chi connectivity index (χ3n) is 2.53. The number of hydrogen-bond acceptors (Lipinski definition) is 3. The molecule has 0 radical (unpaired) electrons. The molecule has 2 aromatic carbocycles. The maximum absolute atomic E-state index is 10.8. The van der Waals surface area contributed by atoms with Crippen molar-refractivity contribution < 1.29 is 4.92 Å². The standard InChI is InChI=1S/C13H9Cl2N3O2S/c14-9-3-1-2-4-11(9)16-13(21)17-12-7-8(18(19)20)5-6-10(12)15/h1-7H,(H2,16,17,21). The average molecular weight is 342 g/mol. The van der Waals surface area contributed by atoms with Crippen molar-refractivity contribution in [3.63, 3.8) is 0 Å². The molecule has 5 nitrogen and oxygen atoms in total. The van der Waals surface area contributed by atoms with Crippen molar-refractivity contribution >= 4 is 57.6 Å². The van der Waals surface area contributed by atoms with Crippen LogP contribution in [0.25, 0.3) is 0 Å². The van der Waals surface area contributed by atoms with Crippen molar-refractivity contribution in [3.8, 4) is 0 Å². The first kappa shape index (κ1) is 15.5. The Bertz CT molecular complexity index is 710. The van der Waals surface area contributed by atoms with Crippen LogP contribution >= 0.6 is 35.4 Å². The zero-order chi connectivity index (χ0) is 15.4. The number of nitro groups is 1. The molecule has 2 rings (SSSR count). The Morgan fingerprint density at radius 1 is 1.05 bits per heavy atom. The van der Waals surface area contributed by atoms with Crippen molar-refractivity contribution in [2.75, 3.05) is 10.6 Å². The number of anilines is 2. The van der Waals surface area contributed by atoms with Crippen LogP contribution in [0, 0.1) is 10.1 Å². The number of thiocarbonyl (C=S) groups is 1. The van der Waals surface area contributed by atoms with Gasteiger partial charge in [0.1, 0.15) is 0 Å². The molecule has 8 heteroatoms. The van der Waals surface area contributed by atoms with Crippen LogP contribution in [-0.4, -0.2) is 10.0 Å². The van der Waals surface area contributed by atoms with Crippen LogP contribution in [0.4, 0.5) is 17.1 Å². The average Bonchev–Trinajstić information content (AvgIpc) is 2.43. The Balaban J connectivity index is 2.15. The van der Waals surface area contributed by atoms with Gasteiger partial charge in [0.15, 0.2) is 5.11 Å². The van der Waals surface area contributed by atoms with Gasteiger partial charge in [0.05, 0.1) is 26.3 Å². The summed E-state index contributed by atoms with van der Waals surface area (Å²) in [5, 5.41) is 17.5. The molecular formula is C13H9Cl2N3O2S. The largest absolute Gasteiger partial charge is 0.331 e. The van der Waals surface area contributed by atoms with Gasteiger partial charge in [-0.05, 0) is 30.4 Å². The van der Waals surface area contributed by atoms with Gasteiger partial charge in [-0.3, -0.25) is 10.1 Å². The van der Waals surface area contributed by atoms with E-state index in [0.29, 0.717) is 21.4 Å². The lowest BCUT2D eigenvalue weighted by Crippen LogP contribution is -2.19. The van der Waals surface area contributed by atoms with E-state index in [0.717, 1.165) is 0 Å². The second kappa shape index (κ2) is 6.71. The Hall–Kier alpha value is -1.89. The molecule has 0 saturated carbocycles. The van der Waals surface area contributed by atoms with E-state index in [-0.39, 0.29) is 10.8 Å². The van der Waals surface area contributed by atoms with Crippen LogP contribution in [-0.2, 0) is 0 Å². The van der Waals surface area contributed by atoms with Gasteiger partial charge < -0.3 is 10.6 Å². The molecule has 0 heterocycles. The molecule has 0 atom stereocenters. The highest BCUT2D eigenvalue weighted by Crippen LogP contribution is 2.27. The maximum atomic E-state index is 10.8. The summed E-state index contributed by atoms with van der Waals surface area (Å²) in [6.45, 7) is 0. The first-order valence-corrected chi connectivity index (χ1v) is 6.90. The highest BCUT2D eigenvalue weighted by molar-refractivity contribution is 7.80. The predicted molar refractivity (Wildman–Crippen MR) is 89.4 cm³/mol. The van der Waals surface area contributed by atoms with Gasteiger partial charge in [-0.15, -0.1) is 0 Å². The summed E-state index contributed by atoms with van der Waals surface area (Å²) in [4.78, 5) is 10.2. The predicted octanol–water partition coefficient (Wildman–Crippen LogP) is 4.71. The molecule has 0 aliphatic carbocycles. The van der Waals surface area contributed by atoms with Gasteiger partial charge in [0.25, 0.3) is 5.69 Å². The van der Waals surface area contributed by atoms with Crippen LogP contribution in [0.3, 0.4) is 0 Å². The molecule has 0 spiro atoms. The number of nitrogens with one attached hydrogen (secondary N) is 2. The smallest absolute Gasteiger partial charge is 0.271 e. The van der Waals surface area contributed by atoms with E-state index in [9.17, 15) is 10.1 Å².